The minimum Gasteiger partial charge on any atom is -0.326 e. The lowest BCUT2D eigenvalue weighted by Crippen LogP contribution is -2.31. The number of imide groups is 1. The number of amides is 3. The van der Waals surface area contributed by atoms with Crippen LogP contribution in [0.2, 0.25) is 0 Å². The number of benzene rings is 1. The van der Waals surface area contributed by atoms with Gasteiger partial charge in [0.15, 0.2) is 0 Å². The summed E-state index contributed by atoms with van der Waals surface area (Å²) in [6, 6.07) is 6.81. The molecule has 17 heavy (non-hydrogen) atoms. The van der Waals surface area contributed by atoms with Crippen molar-refractivity contribution in [1.29, 1.82) is 0 Å². The van der Waals surface area contributed by atoms with Crippen molar-refractivity contribution in [1.82, 2.24) is 4.90 Å². The van der Waals surface area contributed by atoms with Gasteiger partial charge in [0.1, 0.15) is 6.54 Å². The number of anilines is 1. The van der Waals surface area contributed by atoms with E-state index >= 15 is 0 Å². The van der Waals surface area contributed by atoms with Gasteiger partial charge in [0.05, 0.1) is 5.69 Å². The number of urea groups is 1. The van der Waals surface area contributed by atoms with Crippen molar-refractivity contribution in [3.05, 3.63) is 29.8 Å². The number of likely N-dealkylation sites (N-methyl/N-ethyl adjacent to an activating group) is 1. The molecule has 0 radical (unpaired) electrons. The predicted molar refractivity (Wildman–Crippen MR) is 67.1 cm³/mol. The first-order chi connectivity index (χ1) is 7.63. The van der Waals surface area contributed by atoms with Crippen molar-refractivity contribution >= 4 is 30.0 Å². The predicted octanol–water partition coefficient (Wildman–Crippen LogP) is 0.965. The summed E-state index contributed by atoms with van der Waals surface area (Å²) in [6.07, 6.45) is 0. The Bertz CT molecular complexity index is 433. The molecule has 0 aliphatic carbocycles. The van der Waals surface area contributed by atoms with Crippen LogP contribution in [0.3, 0.4) is 0 Å². The summed E-state index contributed by atoms with van der Waals surface area (Å²) in [4.78, 5) is 25.8. The normalized spacial score (nSPS) is 15.2. The van der Waals surface area contributed by atoms with Gasteiger partial charge < -0.3 is 10.6 Å². The molecule has 1 heterocycles. The van der Waals surface area contributed by atoms with E-state index in [1.54, 1.807) is 19.2 Å². The molecule has 1 aromatic carbocycles. The van der Waals surface area contributed by atoms with Gasteiger partial charge in [-0.05, 0) is 17.7 Å². The third-order valence-corrected chi connectivity index (χ3v) is 2.57. The molecule has 0 saturated carbocycles. The third kappa shape index (κ3) is 2.40. The molecule has 0 atom stereocenters. The van der Waals surface area contributed by atoms with Gasteiger partial charge in [-0.15, -0.1) is 12.4 Å². The molecule has 5 nitrogen and oxygen atoms in total. The Morgan fingerprint density at radius 2 is 1.82 bits per heavy atom. The molecule has 0 aromatic heterocycles. The van der Waals surface area contributed by atoms with Crippen molar-refractivity contribution in [2.24, 2.45) is 5.73 Å². The van der Waals surface area contributed by atoms with E-state index in [4.69, 9.17) is 5.73 Å². The summed E-state index contributed by atoms with van der Waals surface area (Å²) < 4.78 is 0. The van der Waals surface area contributed by atoms with Gasteiger partial charge in [0, 0.05) is 13.6 Å². The highest BCUT2D eigenvalue weighted by Crippen LogP contribution is 2.20. The Morgan fingerprint density at radius 1 is 1.24 bits per heavy atom. The third-order valence-electron chi connectivity index (χ3n) is 2.57. The summed E-state index contributed by atoms with van der Waals surface area (Å²) in [5.41, 5.74) is 7.04. The quantitative estimate of drug-likeness (QED) is 0.801. The SMILES string of the molecule is CN1CC(=O)N(c2ccc(CN)cc2)C1=O.Cl. The first-order valence-corrected chi connectivity index (χ1v) is 5.00. The molecule has 1 aliphatic rings. The molecule has 1 aromatic rings. The highest BCUT2D eigenvalue weighted by molar-refractivity contribution is 6.19. The lowest BCUT2D eigenvalue weighted by atomic mass is 10.2. The number of carbonyl (C=O) groups excluding carboxylic acids is 2. The maximum Gasteiger partial charge on any atom is 0.331 e. The van der Waals surface area contributed by atoms with E-state index in [1.807, 2.05) is 12.1 Å². The zero-order valence-electron chi connectivity index (χ0n) is 9.42. The Labute approximate surface area is 106 Å². The molecule has 2 rings (SSSR count). The monoisotopic (exact) mass is 255 g/mol. The second kappa shape index (κ2) is 5.16. The molecular formula is C11H14ClN3O2. The first kappa shape index (κ1) is 13.5. The summed E-state index contributed by atoms with van der Waals surface area (Å²) in [7, 11) is 1.61. The maximum absolute atomic E-state index is 11.7. The van der Waals surface area contributed by atoms with Crippen molar-refractivity contribution in [3.8, 4) is 0 Å². The minimum absolute atomic E-state index is 0. The Hall–Kier alpha value is -1.59. The fourth-order valence-electron chi connectivity index (χ4n) is 1.65. The van der Waals surface area contributed by atoms with Crippen LogP contribution in [0, 0.1) is 0 Å². The van der Waals surface area contributed by atoms with Crippen LogP contribution in [0.25, 0.3) is 0 Å². The zero-order valence-corrected chi connectivity index (χ0v) is 10.2. The number of hydrogen-bond donors (Lipinski definition) is 1. The molecular weight excluding hydrogens is 242 g/mol. The number of halogens is 1. The molecule has 3 amide bonds. The lowest BCUT2D eigenvalue weighted by molar-refractivity contribution is -0.116. The van der Waals surface area contributed by atoms with Crippen LogP contribution in [0.15, 0.2) is 24.3 Å². The molecule has 2 N–H and O–H groups in total. The van der Waals surface area contributed by atoms with Crippen LogP contribution in [-0.4, -0.2) is 30.4 Å². The van der Waals surface area contributed by atoms with Gasteiger partial charge >= 0.3 is 6.03 Å². The number of nitrogens with zero attached hydrogens (tertiary/aromatic N) is 2. The number of rotatable bonds is 2. The standard InChI is InChI=1S/C11H13N3O2.ClH/c1-13-7-10(15)14(11(13)16)9-4-2-8(6-12)3-5-9;/h2-5H,6-7,12H2,1H3;1H. The Balaban J connectivity index is 0.00000144. The largest absolute Gasteiger partial charge is 0.331 e. The maximum atomic E-state index is 11.7. The number of nitrogens with two attached hydrogens (primary N) is 1. The van der Waals surface area contributed by atoms with Crippen LogP contribution in [-0.2, 0) is 11.3 Å². The van der Waals surface area contributed by atoms with E-state index in [9.17, 15) is 9.59 Å². The summed E-state index contributed by atoms with van der Waals surface area (Å²) in [5, 5.41) is 0. The smallest absolute Gasteiger partial charge is 0.326 e. The van der Waals surface area contributed by atoms with Crippen LogP contribution in [0.4, 0.5) is 10.5 Å². The van der Waals surface area contributed by atoms with Gasteiger partial charge in [0.2, 0.25) is 0 Å². The van der Waals surface area contributed by atoms with Crippen molar-refractivity contribution in [3.63, 3.8) is 0 Å². The van der Waals surface area contributed by atoms with Crippen LogP contribution in [0.5, 0.6) is 0 Å². The van der Waals surface area contributed by atoms with E-state index in [0.29, 0.717) is 12.2 Å². The average molecular weight is 256 g/mol. The van der Waals surface area contributed by atoms with Crippen molar-refractivity contribution < 1.29 is 9.59 Å². The van der Waals surface area contributed by atoms with E-state index in [1.165, 1.54) is 9.80 Å². The van der Waals surface area contributed by atoms with E-state index in [2.05, 4.69) is 0 Å². The Morgan fingerprint density at radius 3 is 2.24 bits per heavy atom. The van der Waals surface area contributed by atoms with Crippen LogP contribution >= 0.6 is 12.4 Å². The summed E-state index contributed by atoms with van der Waals surface area (Å²) in [5.74, 6) is -0.201. The summed E-state index contributed by atoms with van der Waals surface area (Å²) in [6.45, 7) is 0.583. The molecule has 6 heteroatoms. The van der Waals surface area contributed by atoms with Crippen molar-refractivity contribution in [2.75, 3.05) is 18.5 Å². The fourth-order valence-corrected chi connectivity index (χ4v) is 1.65. The van der Waals surface area contributed by atoms with Crippen molar-refractivity contribution in [2.45, 2.75) is 6.54 Å². The summed E-state index contributed by atoms with van der Waals surface area (Å²) >= 11 is 0. The van der Waals surface area contributed by atoms with Gasteiger partial charge in [-0.3, -0.25) is 4.79 Å². The molecule has 0 spiro atoms. The molecule has 1 fully saturated rings. The minimum atomic E-state index is -0.287. The van der Waals surface area contributed by atoms with Gasteiger partial charge in [-0.1, -0.05) is 12.1 Å². The Kier molecular flexibility index (Phi) is 4.09. The highest BCUT2D eigenvalue weighted by atomic mass is 35.5. The molecule has 1 saturated heterocycles. The second-order valence-corrected chi connectivity index (χ2v) is 3.74. The molecule has 0 bridgehead atoms. The number of hydrogen-bond acceptors (Lipinski definition) is 3. The zero-order chi connectivity index (χ0) is 11.7. The lowest BCUT2D eigenvalue weighted by Gasteiger charge is -2.14. The van der Waals surface area contributed by atoms with E-state index in [-0.39, 0.29) is 30.9 Å². The second-order valence-electron chi connectivity index (χ2n) is 3.74. The molecule has 1 aliphatic heterocycles. The van der Waals surface area contributed by atoms with E-state index in [0.717, 1.165) is 5.56 Å². The van der Waals surface area contributed by atoms with E-state index < -0.39 is 0 Å². The average Bonchev–Trinajstić information content (AvgIpc) is 2.54. The topological polar surface area (TPSA) is 66.6 Å². The molecule has 0 unspecified atom stereocenters. The van der Waals surface area contributed by atoms with Crippen LogP contribution in [0.1, 0.15) is 5.56 Å². The number of carbonyl (C=O) groups is 2. The van der Waals surface area contributed by atoms with Gasteiger partial charge in [-0.25, -0.2) is 9.69 Å². The fraction of sp³-hybridized carbons (Fsp3) is 0.273. The van der Waals surface area contributed by atoms with Gasteiger partial charge in [0.25, 0.3) is 5.91 Å². The molecule has 92 valence electrons. The van der Waals surface area contributed by atoms with Gasteiger partial charge in [-0.2, -0.15) is 0 Å². The van der Waals surface area contributed by atoms with Crippen LogP contribution < -0.4 is 10.6 Å². The highest BCUT2D eigenvalue weighted by Gasteiger charge is 2.34. The first-order valence-electron chi connectivity index (χ1n) is 5.00.